The van der Waals surface area contributed by atoms with Crippen LogP contribution in [0, 0.1) is 5.92 Å². The third-order valence-corrected chi connectivity index (χ3v) is 4.52. The molecule has 2 aromatic rings. The highest BCUT2D eigenvalue weighted by molar-refractivity contribution is 7.92. The number of hydrogen-bond donors (Lipinski definition) is 2. The maximum absolute atomic E-state index is 12.1. The second-order valence-electron chi connectivity index (χ2n) is 5.86. The molecule has 0 aliphatic rings. The number of anilines is 2. The smallest absolute Gasteiger partial charge is 0.233 e. The minimum Gasteiger partial charge on any atom is -0.370 e. The average molecular weight is 333 g/mol. The van der Waals surface area contributed by atoms with Crippen LogP contribution in [0.4, 0.5) is 11.5 Å². The van der Waals surface area contributed by atoms with Crippen molar-refractivity contribution in [2.45, 2.75) is 20.3 Å². The van der Waals surface area contributed by atoms with Gasteiger partial charge in [-0.3, -0.25) is 4.72 Å². The average Bonchev–Trinajstić information content (AvgIpc) is 2.53. The van der Waals surface area contributed by atoms with Crippen molar-refractivity contribution < 1.29 is 8.42 Å². The van der Waals surface area contributed by atoms with E-state index in [1.807, 2.05) is 30.3 Å². The Morgan fingerprint density at radius 1 is 1.09 bits per heavy atom. The number of nitrogens with zero attached hydrogens (tertiary/aromatic N) is 1. The quantitative estimate of drug-likeness (QED) is 0.778. The van der Waals surface area contributed by atoms with Crippen LogP contribution >= 0.6 is 0 Å². The van der Waals surface area contributed by atoms with E-state index in [1.54, 1.807) is 12.1 Å². The highest BCUT2D eigenvalue weighted by Gasteiger charge is 2.11. The Bertz CT molecular complexity index is 698. The van der Waals surface area contributed by atoms with Gasteiger partial charge in [-0.1, -0.05) is 44.2 Å². The van der Waals surface area contributed by atoms with Gasteiger partial charge in [0.05, 0.1) is 17.6 Å². The van der Waals surface area contributed by atoms with Crippen LogP contribution in [-0.2, 0) is 16.4 Å². The van der Waals surface area contributed by atoms with Crippen LogP contribution in [0.2, 0.25) is 0 Å². The molecule has 0 spiro atoms. The van der Waals surface area contributed by atoms with Gasteiger partial charge in [0.25, 0.3) is 0 Å². The van der Waals surface area contributed by atoms with Gasteiger partial charge in [0, 0.05) is 6.54 Å². The fourth-order valence-electron chi connectivity index (χ4n) is 1.99. The van der Waals surface area contributed by atoms with Gasteiger partial charge in [0.15, 0.2) is 0 Å². The van der Waals surface area contributed by atoms with Crippen molar-refractivity contribution >= 4 is 21.5 Å². The molecule has 1 aromatic heterocycles. The summed E-state index contributed by atoms with van der Waals surface area (Å²) in [7, 11) is -3.38. The number of sulfonamides is 1. The van der Waals surface area contributed by atoms with Gasteiger partial charge in [-0.15, -0.1) is 0 Å². The largest absolute Gasteiger partial charge is 0.370 e. The van der Waals surface area contributed by atoms with Crippen LogP contribution in [0.3, 0.4) is 0 Å². The van der Waals surface area contributed by atoms with E-state index in [0.29, 0.717) is 18.0 Å². The zero-order valence-corrected chi connectivity index (χ0v) is 14.3. The molecule has 0 fully saturated rings. The summed E-state index contributed by atoms with van der Waals surface area (Å²) in [6.07, 6.45) is 2.01. The van der Waals surface area contributed by atoms with E-state index in [1.165, 1.54) is 6.20 Å². The van der Waals surface area contributed by atoms with Crippen molar-refractivity contribution in [3.63, 3.8) is 0 Å². The van der Waals surface area contributed by atoms with E-state index in [9.17, 15) is 8.42 Å². The van der Waals surface area contributed by atoms with Crippen LogP contribution in [0.5, 0.6) is 0 Å². The highest BCUT2D eigenvalue weighted by Crippen LogP contribution is 2.12. The second-order valence-corrected chi connectivity index (χ2v) is 7.71. The SMILES string of the molecule is CC(C)CNc1ccc(NS(=O)(=O)CCc2ccccc2)cn1. The second kappa shape index (κ2) is 7.97. The molecule has 2 N–H and O–H groups in total. The first-order valence-corrected chi connectivity index (χ1v) is 9.34. The lowest BCUT2D eigenvalue weighted by atomic mass is 10.2. The fourth-order valence-corrected chi connectivity index (χ4v) is 3.08. The zero-order valence-electron chi connectivity index (χ0n) is 13.5. The molecule has 0 unspecified atom stereocenters. The first-order valence-electron chi connectivity index (χ1n) is 7.69. The van der Waals surface area contributed by atoms with Crippen LogP contribution < -0.4 is 10.0 Å². The fraction of sp³-hybridized carbons (Fsp3) is 0.353. The van der Waals surface area contributed by atoms with Gasteiger partial charge in [-0.25, -0.2) is 13.4 Å². The van der Waals surface area contributed by atoms with Crippen molar-refractivity contribution in [3.8, 4) is 0 Å². The Hall–Kier alpha value is -2.08. The molecule has 1 heterocycles. The first-order chi connectivity index (χ1) is 10.9. The van der Waals surface area contributed by atoms with Crippen molar-refractivity contribution in [2.75, 3.05) is 22.3 Å². The topological polar surface area (TPSA) is 71.1 Å². The Balaban J connectivity index is 1.89. The van der Waals surface area contributed by atoms with Crippen LogP contribution in [0.15, 0.2) is 48.7 Å². The molecule has 0 aliphatic heterocycles. The Morgan fingerprint density at radius 2 is 1.83 bits per heavy atom. The molecule has 0 amide bonds. The number of pyridine rings is 1. The summed E-state index contributed by atoms with van der Waals surface area (Å²) in [5.74, 6) is 1.31. The Morgan fingerprint density at radius 3 is 2.43 bits per heavy atom. The van der Waals surface area contributed by atoms with Crippen molar-refractivity contribution in [1.82, 2.24) is 4.98 Å². The third-order valence-electron chi connectivity index (χ3n) is 3.23. The normalized spacial score (nSPS) is 11.4. The molecule has 5 nitrogen and oxygen atoms in total. The molecule has 2 rings (SSSR count). The summed E-state index contributed by atoms with van der Waals surface area (Å²) in [5, 5.41) is 3.19. The lowest BCUT2D eigenvalue weighted by molar-refractivity contribution is 0.600. The van der Waals surface area contributed by atoms with E-state index >= 15 is 0 Å². The molecule has 0 aliphatic carbocycles. The molecule has 6 heteroatoms. The summed E-state index contributed by atoms with van der Waals surface area (Å²) in [6.45, 7) is 5.06. The summed E-state index contributed by atoms with van der Waals surface area (Å²) >= 11 is 0. The maximum Gasteiger partial charge on any atom is 0.233 e. The van der Waals surface area contributed by atoms with Gasteiger partial charge < -0.3 is 5.32 Å². The number of rotatable bonds is 8. The van der Waals surface area contributed by atoms with E-state index in [0.717, 1.165) is 17.9 Å². The number of aryl methyl sites for hydroxylation is 1. The van der Waals surface area contributed by atoms with E-state index in [4.69, 9.17) is 0 Å². The molecule has 0 bridgehead atoms. The maximum atomic E-state index is 12.1. The van der Waals surface area contributed by atoms with Gasteiger partial charge in [0.1, 0.15) is 5.82 Å². The lowest BCUT2D eigenvalue weighted by Gasteiger charge is -2.10. The molecule has 0 atom stereocenters. The van der Waals surface area contributed by atoms with Crippen molar-refractivity contribution in [3.05, 3.63) is 54.2 Å². The van der Waals surface area contributed by atoms with Crippen molar-refractivity contribution in [1.29, 1.82) is 0 Å². The predicted molar refractivity (Wildman–Crippen MR) is 95.1 cm³/mol. The summed E-state index contributed by atoms with van der Waals surface area (Å²) in [5.41, 5.74) is 1.48. The third kappa shape index (κ3) is 6.28. The van der Waals surface area contributed by atoms with Gasteiger partial charge in [0.2, 0.25) is 10.0 Å². The summed E-state index contributed by atoms with van der Waals surface area (Å²) < 4.78 is 26.8. The molecule has 23 heavy (non-hydrogen) atoms. The monoisotopic (exact) mass is 333 g/mol. The molecule has 124 valence electrons. The molecule has 0 saturated carbocycles. The van der Waals surface area contributed by atoms with Gasteiger partial charge in [-0.05, 0) is 30.0 Å². The standard InChI is InChI=1S/C17H23N3O2S/c1-14(2)12-18-17-9-8-16(13-19-17)20-23(21,22)11-10-15-6-4-3-5-7-15/h3-9,13-14,20H,10-12H2,1-2H3,(H,18,19). The van der Waals surface area contributed by atoms with Crippen molar-refractivity contribution in [2.24, 2.45) is 5.92 Å². The molecule has 0 radical (unpaired) electrons. The van der Waals surface area contributed by atoms with Crippen LogP contribution in [0.25, 0.3) is 0 Å². The molecular formula is C17H23N3O2S. The zero-order chi connectivity index (χ0) is 16.7. The lowest BCUT2D eigenvalue weighted by Crippen LogP contribution is -2.18. The molecule has 0 saturated heterocycles. The predicted octanol–water partition coefficient (Wildman–Crippen LogP) is 3.13. The molecule has 1 aromatic carbocycles. The minimum atomic E-state index is -3.38. The summed E-state index contributed by atoms with van der Waals surface area (Å²) in [4.78, 5) is 4.22. The number of nitrogens with one attached hydrogen (secondary N) is 2. The Kier molecular flexibility index (Phi) is 5.98. The number of hydrogen-bond acceptors (Lipinski definition) is 4. The van der Waals surface area contributed by atoms with Crippen LogP contribution in [0.1, 0.15) is 19.4 Å². The highest BCUT2D eigenvalue weighted by atomic mass is 32.2. The Labute approximate surface area is 138 Å². The van der Waals surface area contributed by atoms with Crippen LogP contribution in [-0.4, -0.2) is 25.7 Å². The first kappa shape index (κ1) is 17.3. The van der Waals surface area contributed by atoms with Gasteiger partial charge in [-0.2, -0.15) is 0 Å². The molecular weight excluding hydrogens is 310 g/mol. The minimum absolute atomic E-state index is 0.0460. The summed E-state index contributed by atoms with van der Waals surface area (Å²) in [6, 6.07) is 13.1. The van der Waals surface area contributed by atoms with E-state index < -0.39 is 10.0 Å². The number of benzene rings is 1. The number of aromatic nitrogens is 1. The van der Waals surface area contributed by atoms with E-state index in [2.05, 4.69) is 28.9 Å². The van der Waals surface area contributed by atoms with Gasteiger partial charge >= 0.3 is 0 Å². The van der Waals surface area contributed by atoms with E-state index in [-0.39, 0.29) is 5.75 Å².